The molecule has 1 aliphatic rings. The number of benzene rings is 1. The van der Waals surface area contributed by atoms with Crippen LogP contribution in [0.3, 0.4) is 0 Å². The van der Waals surface area contributed by atoms with Gasteiger partial charge in [0, 0.05) is 17.7 Å². The molecule has 1 saturated carbocycles. The number of carbonyl (C=O) groups excluding carboxylic acids is 1. The molecular weight excluding hydrogens is 346 g/mol. The zero-order valence-corrected chi connectivity index (χ0v) is 14.7. The molecule has 1 aromatic heterocycles. The van der Waals surface area contributed by atoms with Gasteiger partial charge in [0.2, 0.25) is 11.0 Å². The van der Waals surface area contributed by atoms with E-state index >= 15 is 0 Å². The van der Waals surface area contributed by atoms with E-state index in [-0.39, 0.29) is 5.91 Å². The molecule has 134 valence electrons. The van der Waals surface area contributed by atoms with Gasteiger partial charge in [-0.15, -0.1) is 10.2 Å². The normalized spacial score (nSPS) is 16.4. The molecule has 2 aromatic rings. The first kappa shape index (κ1) is 17.7. The molecule has 1 amide bonds. The lowest BCUT2D eigenvalue weighted by atomic mass is 9.90. The van der Waals surface area contributed by atoms with Gasteiger partial charge in [0.1, 0.15) is 11.0 Å². The van der Waals surface area contributed by atoms with Gasteiger partial charge in [-0.3, -0.25) is 10.1 Å². The van der Waals surface area contributed by atoms with E-state index in [9.17, 15) is 13.6 Å². The van der Waals surface area contributed by atoms with Gasteiger partial charge in [-0.1, -0.05) is 30.6 Å². The fraction of sp³-hybridized carbons (Fsp3) is 0.471. The smallest absolute Gasteiger partial charge is 0.248 e. The first-order chi connectivity index (χ1) is 12.0. The standard InChI is InChI=1S/C17H20F2N4OS/c1-10(20-12-7-8-13(18)14(19)9-12)15(24)21-17-23-22-16(25-17)11-5-3-2-4-6-11/h7-11,20H,2-6H2,1H3,(H,21,23,24). The Kier molecular flexibility index (Phi) is 5.57. The van der Waals surface area contributed by atoms with Crippen LogP contribution in [0, 0.1) is 11.6 Å². The van der Waals surface area contributed by atoms with Crippen molar-refractivity contribution in [3.63, 3.8) is 0 Å². The van der Waals surface area contributed by atoms with Gasteiger partial charge in [-0.05, 0) is 31.9 Å². The van der Waals surface area contributed by atoms with E-state index in [1.54, 1.807) is 6.92 Å². The lowest BCUT2D eigenvalue weighted by molar-refractivity contribution is -0.116. The molecule has 0 radical (unpaired) electrons. The molecule has 0 bridgehead atoms. The number of nitrogens with one attached hydrogen (secondary N) is 2. The van der Waals surface area contributed by atoms with Gasteiger partial charge < -0.3 is 5.32 Å². The lowest BCUT2D eigenvalue weighted by Crippen LogP contribution is -2.31. The molecule has 0 saturated heterocycles. The number of anilines is 2. The summed E-state index contributed by atoms with van der Waals surface area (Å²) < 4.78 is 26.2. The van der Waals surface area contributed by atoms with E-state index in [1.165, 1.54) is 36.7 Å². The maximum absolute atomic E-state index is 13.2. The van der Waals surface area contributed by atoms with Crippen molar-refractivity contribution in [2.24, 2.45) is 0 Å². The second-order valence-corrected chi connectivity index (χ2v) is 7.27. The molecular formula is C17H20F2N4OS. The summed E-state index contributed by atoms with van der Waals surface area (Å²) in [5, 5.41) is 15.2. The number of hydrogen-bond donors (Lipinski definition) is 2. The van der Waals surface area contributed by atoms with Gasteiger partial charge in [0.15, 0.2) is 11.6 Å². The zero-order chi connectivity index (χ0) is 17.8. The Morgan fingerprint density at radius 3 is 2.68 bits per heavy atom. The Labute approximate surface area is 148 Å². The third-order valence-corrected chi connectivity index (χ3v) is 5.32. The predicted octanol–water partition coefficient (Wildman–Crippen LogP) is 4.30. The van der Waals surface area contributed by atoms with Crippen molar-refractivity contribution in [2.75, 3.05) is 10.6 Å². The topological polar surface area (TPSA) is 66.9 Å². The number of nitrogens with zero attached hydrogens (tertiary/aromatic N) is 2. The number of rotatable bonds is 5. The molecule has 1 aromatic carbocycles. The second-order valence-electron chi connectivity index (χ2n) is 6.26. The largest absolute Gasteiger partial charge is 0.374 e. The van der Waals surface area contributed by atoms with E-state index in [0.29, 0.717) is 16.7 Å². The fourth-order valence-electron chi connectivity index (χ4n) is 2.91. The lowest BCUT2D eigenvalue weighted by Gasteiger charge is -2.18. The number of amides is 1. The van der Waals surface area contributed by atoms with Crippen molar-refractivity contribution in [2.45, 2.75) is 51.0 Å². The minimum Gasteiger partial charge on any atom is -0.374 e. The molecule has 1 fully saturated rings. The Morgan fingerprint density at radius 1 is 1.20 bits per heavy atom. The highest BCUT2D eigenvalue weighted by Crippen LogP contribution is 2.35. The van der Waals surface area contributed by atoms with Crippen LogP contribution in [-0.4, -0.2) is 22.1 Å². The Balaban J connectivity index is 1.57. The van der Waals surface area contributed by atoms with Crippen LogP contribution in [0.5, 0.6) is 0 Å². The second kappa shape index (κ2) is 7.86. The Morgan fingerprint density at radius 2 is 1.96 bits per heavy atom. The summed E-state index contributed by atoms with van der Waals surface area (Å²) in [5.74, 6) is -1.75. The van der Waals surface area contributed by atoms with E-state index < -0.39 is 17.7 Å². The fourth-order valence-corrected chi connectivity index (χ4v) is 3.83. The first-order valence-corrected chi connectivity index (χ1v) is 9.20. The van der Waals surface area contributed by atoms with Crippen LogP contribution in [0.15, 0.2) is 18.2 Å². The van der Waals surface area contributed by atoms with Crippen LogP contribution in [0.1, 0.15) is 50.0 Å². The van der Waals surface area contributed by atoms with Gasteiger partial charge in [0.05, 0.1) is 0 Å². The molecule has 1 atom stereocenters. The van der Waals surface area contributed by atoms with Gasteiger partial charge in [0.25, 0.3) is 0 Å². The highest BCUT2D eigenvalue weighted by molar-refractivity contribution is 7.15. The third-order valence-electron chi connectivity index (χ3n) is 4.32. The van der Waals surface area contributed by atoms with Crippen LogP contribution in [0.25, 0.3) is 0 Å². The average molecular weight is 366 g/mol. The zero-order valence-electron chi connectivity index (χ0n) is 13.9. The van der Waals surface area contributed by atoms with E-state index in [2.05, 4.69) is 20.8 Å². The number of aromatic nitrogens is 2. The number of hydrogen-bond acceptors (Lipinski definition) is 5. The minimum atomic E-state index is -0.959. The first-order valence-electron chi connectivity index (χ1n) is 8.39. The van der Waals surface area contributed by atoms with E-state index in [4.69, 9.17) is 0 Å². The SMILES string of the molecule is CC(Nc1ccc(F)c(F)c1)C(=O)Nc1nnc(C2CCCCC2)s1. The summed E-state index contributed by atoms with van der Waals surface area (Å²) in [4.78, 5) is 12.3. The molecule has 25 heavy (non-hydrogen) atoms. The quantitative estimate of drug-likeness (QED) is 0.828. The monoisotopic (exact) mass is 366 g/mol. The Bertz CT molecular complexity index is 746. The van der Waals surface area contributed by atoms with Crippen LogP contribution in [0.2, 0.25) is 0 Å². The molecule has 0 aliphatic heterocycles. The maximum Gasteiger partial charge on any atom is 0.248 e. The van der Waals surface area contributed by atoms with Crippen molar-refractivity contribution in [3.8, 4) is 0 Å². The summed E-state index contributed by atoms with van der Waals surface area (Å²) in [6.07, 6.45) is 5.93. The molecule has 0 spiro atoms. The molecule has 1 heterocycles. The molecule has 8 heteroatoms. The van der Waals surface area contributed by atoms with Crippen molar-refractivity contribution < 1.29 is 13.6 Å². The van der Waals surface area contributed by atoms with Crippen molar-refractivity contribution in [1.29, 1.82) is 0 Å². The summed E-state index contributed by atoms with van der Waals surface area (Å²) in [6, 6.07) is 2.79. The Hall–Kier alpha value is -2.09. The maximum atomic E-state index is 13.2. The summed E-state index contributed by atoms with van der Waals surface area (Å²) >= 11 is 1.40. The molecule has 2 N–H and O–H groups in total. The average Bonchev–Trinajstić information content (AvgIpc) is 3.07. The summed E-state index contributed by atoms with van der Waals surface area (Å²) in [5.41, 5.74) is 0.335. The van der Waals surface area contributed by atoms with Crippen molar-refractivity contribution in [3.05, 3.63) is 34.8 Å². The number of halogens is 2. The van der Waals surface area contributed by atoms with Crippen LogP contribution in [0.4, 0.5) is 19.6 Å². The van der Waals surface area contributed by atoms with E-state index in [0.717, 1.165) is 30.0 Å². The molecule has 1 unspecified atom stereocenters. The molecule has 3 rings (SSSR count). The van der Waals surface area contributed by atoms with E-state index in [1.807, 2.05) is 0 Å². The molecule has 5 nitrogen and oxygen atoms in total. The van der Waals surface area contributed by atoms with Gasteiger partial charge in [-0.25, -0.2) is 8.78 Å². The number of carbonyl (C=O) groups is 1. The van der Waals surface area contributed by atoms with Gasteiger partial charge >= 0.3 is 0 Å². The van der Waals surface area contributed by atoms with Crippen molar-refractivity contribution in [1.82, 2.24) is 10.2 Å². The summed E-state index contributed by atoms with van der Waals surface area (Å²) in [7, 11) is 0. The summed E-state index contributed by atoms with van der Waals surface area (Å²) in [6.45, 7) is 1.64. The van der Waals surface area contributed by atoms with Crippen LogP contribution < -0.4 is 10.6 Å². The highest BCUT2D eigenvalue weighted by atomic mass is 32.1. The van der Waals surface area contributed by atoms with Gasteiger partial charge in [-0.2, -0.15) is 0 Å². The van der Waals surface area contributed by atoms with Crippen LogP contribution >= 0.6 is 11.3 Å². The van der Waals surface area contributed by atoms with Crippen LogP contribution in [-0.2, 0) is 4.79 Å². The minimum absolute atomic E-state index is 0.309. The predicted molar refractivity (Wildman–Crippen MR) is 93.8 cm³/mol. The highest BCUT2D eigenvalue weighted by Gasteiger charge is 2.21. The molecule has 1 aliphatic carbocycles. The third kappa shape index (κ3) is 4.50. The van der Waals surface area contributed by atoms with Crippen molar-refractivity contribution >= 4 is 28.1 Å².